The molecule has 6 nitrogen and oxygen atoms in total. The summed E-state index contributed by atoms with van der Waals surface area (Å²) in [5.41, 5.74) is -0.505. The van der Waals surface area contributed by atoms with E-state index in [9.17, 15) is 4.91 Å². The Kier molecular flexibility index (Phi) is 3.62. The fourth-order valence-electron chi connectivity index (χ4n) is 0.624. The van der Waals surface area contributed by atoms with Crippen molar-refractivity contribution >= 4 is 5.71 Å². The van der Waals surface area contributed by atoms with E-state index in [0.29, 0.717) is 5.71 Å². The fourth-order valence-corrected chi connectivity index (χ4v) is 0.624. The summed E-state index contributed by atoms with van der Waals surface area (Å²) in [5, 5.41) is 14.9. The molecule has 0 aromatic rings. The van der Waals surface area contributed by atoms with E-state index in [4.69, 9.17) is 5.21 Å². The molecule has 0 aliphatic rings. The second kappa shape index (κ2) is 4.01. The summed E-state index contributed by atoms with van der Waals surface area (Å²) in [7, 11) is 1.31. The Morgan fingerprint density at radius 3 is 2.33 bits per heavy atom. The van der Waals surface area contributed by atoms with Crippen molar-refractivity contribution in [1.82, 2.24) is 5.17 Å². The standard InChI is InChI=1S/C6H13N3O3/c1-5(7-10)6(2,3)9(8-11)12-4/h10H,1-4H3/b7-5-. The Morgan fingerprint density at radius 1 is 1.58 bits per heavy atom. The molecule has 0 aromatic carbocycles. The first-order valence-corrected chi connectivity index (χ1v) is 3.37. The van der Waals surface area contributed by atoms with Crippen LogP contribution in [0.25, 0.3) is 0 Å². The summed E-state index contributed by atoms with van der Waals surface area (Å²) in [6.07, 6.45) is 0. The molecule has 1 N–H and O–H groups in total. The molecule has 6 heteroatoms. The maximum absolute atomic E-state index is 10.2. The van der Waals surface area contributed by atoms with Crippen molar-refractivity contribution in [3.63, 3.8) is 0 Å². The molecule has 0 heterocycles. The Balaban J connectivity index is 4.68. The summed E-state index contributed by atoms with van der Waals surface area (Å²) < 4.78 is 0. The van der Waals surface area contributed by atoms with Crippen molar-refractivity contribution in [2.45, 2.75) is 26.3 Å². The van der Waals surface area contributed by atoms with Gasteiger partial charge in [-0.3, -0.25) is 4.84 Å². The molecule has 0 saturated carbocycles. The number of nitroso groups, excluding NO2 is 1. The van der Waals surface area contributed by atoms with Crippen LogP contribution in [-0.4, -0.2) is 28.7 Å². The largest absolute Gasteiger partial charge is 0.411 e. The van der Waals surface area contributed by atoms with Crippen LogP contribution in [0.1, 0.15) is 20.8 Å². The summed E-state index contributed by atoms with van der Waals surface area (Å²) in [6.45, 7) is 4.86. The van der Waals surface area contributed by atoms with E-state index in [1.807, 2.05) is 0 Å². The van der Waals surface area contributed by atoms with Crippen LogP contribution < -0.4 is 0 Å². The van der Waals surface area contributed by atoms with Crippen molar-refractivity contribution in [3.8, 4) is 0 Å². The van der Waals surface area contributed by atoms with Crippen molar-refractivity contribution < 1.29 is 10.0 Å². The Morgan fingerprint density at radius 2 is 2.08 bits per heavy atom. The molecule has 0 aliphatic carbocycles. The molecule has 0 atom stereocenters. The van der Waals surface area contributed by atoms with Crippen LogP contribution in [0.15, 0.2) is 10.4 Å². The lowest BCUT2D eigenvalue weighted by Crippen LogP contribution is -2.45. The predicted octanol–water partition coefficient (Wildman–Crippen LogP) is 1.16. The van der Waals surface area contributed by atoms with Gasteiger partial charge >= 0.3 is 0 Å². The van der Waals surface area contributed by atoms with Gasteiger partial charge in [-0.2, -0.15) is 0 Å². The summed E-state index contributed by atoms with van der Waals surface area (Å²) in [6, 6.07) is 0. The normalized spacial score (nSPS) is 12.8. The van der Waals surface area contributed by atoms with Crippen molar-refractivity contribution in [2.75, 3.05) is 7.11 Å². The summed E-state index contributed by atoms with van der Waals surface area (Å²) in [4.78, 5) is 14.9. The van der Waals surface area contributed by atoms with Crippen LogP contribution in [0.2, 0.25) is 0 Å². The SMILES string of the molecule is CON(N=O)C(C)(C)/C(C)=N\O. The molecule has 0 aliphatic heterocycles. The molecule has 0 unspecified atom stereocenters. The van der Waals surface area contributed by atoms with Gasteiger partial charge in [-0.05, 0) is 20.8 Å². The zero-order chi connectivity index (χ0) is 9.78. The van der Waals surface area contributed by atoms with Gasteiger partial charge in [0.25, 0.3) is 0 Å². The average Bonchev–Trinajstić information content (AvgIpc) is 2.04. The van der Waals surface area contributed by atoms with Gasteiger partial charge in [-0.1, -0.05) is 5.16 Å². The first kappa shape index (κ1) is 10.8. The van der Waals surface area contributed by atoms with Crippen LogP contribution in [0.5, 0.6) is 0 Å². The number of hydrogen-bond donors (Lipinski definition) is 1. The topological polar surface area (TPSA) is 74.5 Å². The number of nitrogens with zero attached hydrogens (tertiary/aromatic N) is 3. The molecule has 0 saturated heterocycles. The van der Waals surface area contributed by atoms with Crippen molar-refractivity contribution in [1.29, 1.82) is 0 Å². The van der Waals surface area contributed by atoms with E-state index >= 15 is 0 Å². The maximum Gasteiger partial charge on any atom is 0.125 e. The van der Waals surface area contributed by atoms with Crippen molar-refractivity contribution in [3.05, 3.63) is 4.91 Å². The van der Waals surface area contributed by atoms with Crippen LogP contribution >= 0.6 is 0 Å². The van der Waals surface area contributed by atoms with Crippen molar-refractivity contribution in [2.24, 2.45) is 10.4 Å². The quantitative estimate of drug-likeness (QED) is 0.301. The van der Waals surface area contributed by atoms with Crippen LogP contribution in [0.4, 0.5) is 0 Å². The van der Waals surface area contributed by atoms with Gasteiger partial charge in [0.2, 0.25) is 0 Å². The minimum atomic E-state index is -0.842. The van der Waals surface area contributed by atoms with Gasteiger partial charge in [0, 0.05) is 0 Å². The molecule has 0 rings (SSSR count). The number of hydrogen-bond acceptors (Lipinski definition) is 5. The van der Waals surface area contributed by atoms with Gasteiger partial charge < -0.3 is 5.21 Å². The first-order valence-electron chi connectivity index (χ1n) is 3.37. The average molecular weight is 175 g/mol. The highest BCUT2D eigenvalue weighted by atomic mass is 16.7. The van der Waals surface area contributed by atoms with Crippen LogP contribution in [0.3, 0.4) is 0 Å². The monoisotopic (exact) mass is 175 g/mol. The molecule has 70 valence electrons. The van der Waals surface area contributed by atoms with E-state index in [-0.39, 0.29) is 0 Å². The molecule has 0 spiro atoms. The van der Waals surface area contributed by atoms with Gasteiger partial charge in [0.1, 0.15) is 5.54 Å². The van der Waals surface area contributed by atoms with E-state index in [1.54, 1.807) is 20.8 Å². The highest BCUT2D eigenvalue weighted by Crippen LogP contribution is 2.16. The number of rotatable bonds is 4. The minimum Gasteiger partial charge on any atom is -0.411 e. The van der Waals surface area contributed by atoms with Gasteiger partial charge in [0.15, 0.2) is 0 Å². The predicted molar refractivity (Wildman–Crippen MR) is 43.6 cm³/mol. The lowest BCUT2D eigenvalue weighted by molar-refractivity contribution is -0.173. The van der Waals surface area contributed by atoms with E-state index in [1.165, 1.54) is 7.11 Å². The number of hydroxylamine groups is 1. The van der Waals surface area contributed by atoms with Gasteiger partial charge in [-0.15, -0.1) is 10.1 Å². The summed E-state index contributed by atoms with van der Waals surface area (Å²) >= 11 is 0. The van der Waals surface area contributed by atoms with Gasteiger partial charge in [0.05, 0.1) is 18.1 Å². The molecule has 12 heavy (non-hydrogen) atoms. The molecular weight excluding hydrogens is 162 g/mol. The minimum absolute atomic E-state index is 0.337. The highest BCUT2D eigenvalue weighted by Gasteiger charge is 2.31. The molecular formula is C6H13N3O3. The van der Waals surface area contributed by atoms with E-state index in [0.717, 1.165) is 5.17 Å². The third-order valence-electron chi connectivity index (χ3n) is 1.76. The third kappa shape index (κ3) is 1.91. The fraction of sp³-hybridized carbons (Fsp3) is 0.833. The molecule has 0 fully saturated rings. The zero-order valence-electron chi connectivity index (χ0n) is 7.61. The molecule has 0 aromatic heterocycles. The first-order chi connectivity index (χ1) is 5.50. The number of oxime groups is 1. The lowest BCUT2D eigenvalue weighted by atomic mass is 10.0. The molecule has 0 bridgehead atoms. The maximum atomic E-state index is 10.2. The van der Waals surface area contributed by atoms with E-state index < -0.39 is 5.54 Å². The smallest absolute Gasteiger partial charge is 0.125 e. The summed E-state index contributed by atoms with van der Waals surface area (Å²) in [5.74, 6) is 0. The van der Waals surface area contributed by atoms with Gasteiger partial charge in [-0.25, -0.2) is 0 Å². The van der Waals surface area contributed by atoms with Crippen LogP contribution in [-0.2, 0) is 4.84 Å². The Labute approximate surface area is 70.7 Å². The Bertz CT molecular complexity index is 190. The molecule has 0 amide bonds. The lowest BCUT2D eigenvalue weighted by Gasteiger charge is -2.29. The molecule has 0 radical (unpaired) electrons. The second-order valence-electron chi connectivity index (χ2n) is 2.78. The second-order valence-corrected chi connectivity index (χ2v) is 2.78. The zero-order valence-corrected chi connectivity index (χ0v) is 7.61. The highest BCUT2D eigenvalue weighted by molar-refractivity contribution is 5.89. The Hall–Kier alpha value is -1.17. The third-order valence-corrected chi connectivity index (χ3v) is 1.76. The van der Waals surface area contributed by atoms with E-state index in [2.05, 4.69) is 15.3 Å². The van der Waals surface area contributed by atoms with Crippen LogP contribution in [0, 0.1) is 4.91 Å².